The zero-order valence-corrected chi connectivity index (χ0v) is 7.45. The fourth-order valence-electron chi connectivity index (χ4n) is 1.14. The molecule has 0 bridgehead atoms. The molecular weight excluding hydrogens is 170 g/mol. The van der Waals surface area contributed by atoms with Gasteiger partial charge in [-0.15, -0.1) is 0 Å². The summed E-state index contributed by atoms with van der Waals surface area (Å²) in [6, 6.07) is 0. The summed E-state index contributed by atoms with van der Waals surface area (Å²) in [5.74, 6) is -0.418. The third-order valence-electron chi connectivity index (χ3n) is 1.81. The number of aryl methyl sites for hydroxylation is 1. The van der Waals surface area contributed by atoms with Crippen LogP contribution in [-0.4, -0.2) is 27.6 Å². The Labute approximate surface area is 76.0 Å². The molecule has 0 radical (unpaired) electrons. The minimum Gasteiger partial charge on any atom is -0.481 e. The summed E-state index contributed by atoms with van der Waals surface area (Å²) in [5.41, 5.74) is 6.35. The van der Waals surface area contributed by atoms with Crippen molar-refractivity contribution in [3.8, 4) is 0 Å². The first-order chi connectivity index (χ1) is 6.13. The molecule has 13 heavy (non-hydrogen) atoms. The third kappa shape index (κ3) is 2.55. The zero-order valence-electron chi connectivity index (χ0n) is 7.45. The number of carboxylic acids is 1. The van der Waals surface area contributed by atoms with Gasteiger partial charge in [-0.3, -0.25) is 4.79 Å². The molecule has 0 saturated carbocycles. The molecule has 1 rings (SSSR count). The summed E-state index contributed by atoms with van der Waals surface area (Å²) in [6.07, 6.45) is 1.68. The lowest BCUT2D eigenvalue weighted by molar-refractivity contribution is -0.137. The second-order valence-corrected chi connectivity index (χ2v) is 2.98. The lowest BCUT2D eigenvalue weighted by Crippen LogP contribution is -2.17. The molecule has 5 nitrogen and oxygen atoms in total. The standard InChI is InChI=1S/C8H13N3O2/c1-5-4-10-8(11-5)6(3-9)2-7(12)13/h4,6H,2-3,9H2,1H3,(H,10,11)(H,12,13). The second kappa shape index (κ2) is 4.04. The van der Waals surface area contributed by atoms with Crippen LogP contribution in [0.3, 0.4) is 0 Å². The smallest absolute Gasteiger partial charge is 0.304 e. The van der Waals surface area contributed by atoms with Crippen molar-refractivity contribution in [2.75, 3.05) is 6.54 Å². The summed E-state index contributed by atoms with van der Waals surface area (Å²) in [5, 5.41) is 8.59. The Morgan fingerprint density at radius 1 is 1.85 bits per heavy atom. The van der Waals surface area contributed by atoms with E-state index in [-0.39, 0.29) is 12.3 Å². The topological polar surface area (TPSA) is 92.0 Å². The Balaban J connectivity index is 2.72. The maximum atomic E-state index is 10.5. The molecule has 0 amide bonds. The van der Waals surface area contributed by atoms with Crippen LogP contribution in [0.25, 0.3) is 0 Å². The van der Waals surface area contributed by atoms with Crippen LogP contribution in [0.2, 0.25) is 0 Å². The van der Waals surface area contributed by atoms with Crippen molar-refractivity contribution in [2.45, 2.75) is 19.3 Å². The van der Waals surface area contributed by atoms with Gasteiger partial charge in [0.1, 0.15) is 5.82 Å². The van der Waals surface area contributed by atoms with Gasteiger partial charge in [0, 0.05) is 24.4 Å². The second-order valence-electron chi connectivity index (χ2n) is 2.98. The molecule has 4 N–H and O–H groups in total. The Morgan fingerprint density at radius 2 is 2.54 bits per heavy atom. The summed E-state index contributed by atoms with van der Waals surface area (Å²) < 4.78 is 0. The predicted octanol–water partition coefficient (Wildman–Crippen LogP) is 0.235. The fraction of sp³-hybridized carbons (Fsp3) is 0.500. The molecule has 0 aromatic carbocycles. The minimum absolute atomic E-state index is 0.0173. The third-order valence-corrected chi connectivity index (χ3v) is 1.81. The van der Waals surface area contributed by atoms with E-state index in [1.54, 1.807) is 6.20 Å². The van der Waals surface area contributed by atoms with E-state index in [2.05, 4.69) is 9.97 Å². The number of nitrogens with zero attached hydrogens (tertiary/aromatic N) is 1. The number of H-pyrrole nitrogens is 1. The van der Waals surface area contributed by atoms with Gasteiger partial charge in [0.25, 0.3) is 0 Å². The monoisotopic (exact) mass is 183 g/mol. The maximum Gasteiger partial charge on any atom is 0.304 e. The first-order valence-electron chi connectivity index (χ1n) is 4.07. The molecule has 5 heteroatoms. The molecule has 0 aliphatic rings. The Bertz CT molecular complexity index is 295. The van der Waals surface area contributed by atoms with Crippen LogP contribution in [0.5, 0.6) is 0 Å². The van der Waals surface area contributed by atoms with Crippen molar-refractivity contribution in [1.82, 2.24) is 9.97 Å². The van der Waals surface area contributed by atoms with Crippen molar-refractivity contribution in [1.29, 1.82) is 0 Å². The summed E-state index contributed by atoms with van der Waals surface area (Å²) in [4.78, 5) is 17.5. The number of carbonyl (C=O) groups is 1. The molecule has 1 heterocycles. The van der Waals surface area contributed by atoms with Crippen LogP contribution in [0.15, 0.2) is 6.20 Å². The highest BCUT2D eigenvalue weighted by atomic mass is 16.4. The number of aliphatic carboxylic acids is 1. The van der Waals surface area contributed by atoms with Gasteiger partial charge in [0.15, 0.2) is 0 Å². The van der Waals surface area contributed by atoms with Gasteiger partial charge < -0.3 is 15.8 Å². The number of hydrogen-bond donors (Lipinski definition) is 3. The van der Waals surface area contributed by atoms with Gasteiger partial charge in [-0.2, -0.15) is 0 Å². The molecule has 0 spiro atoms. The van der Waals surface area contributed by atoms with Crippen molar-refractivity contribution < 1.29 is 9.90 Å². The Hall–Kier alpha value is -1.36. The van der Waals surface area contributed by atoms with Gasteiger partial charge in [-0.1, -0.05) is 0 Å². The number of imidazole rings is 1. The minimum atomic E-state index is -0.857. The lowest BCUT2D eigenvalue weighted by atomic mass is 10.1. The molecule has 1 aromatic rings. The van der Waals surface area contributed by atoms with Gasteiger partial charge in [0.05, 0.1) is 6.42 Å². The summed E-state index contributed by atoms with van der Waals surface area (Å²) in [6.45, 7) is 2.16. The SMILES string of the molecule is Cc1cnc(C(CN)CC(=O)O)[nH]1. The van der Waals surface area contributed by atoms with E-state index in [9.17, 15) is 4.79 Å². The van der Waals surface area contributed by atoms with Crippen molar-refractivity contribution >= 4 is 5.97 Å². The molecule has 0 saturated heterocycles. The summed E-state index contributed by atoms with van der Waals surface area (Å²) in [7, 11) is 0. The highest BCUT2D eigenvalue weighted by Gasteiger charge is 2.16. The largest absolute Gasteiger partial charge is 0.481 e. The van der Waals surface area contributed by atoms with Crippen LogP contribution < -0.4 is 5.73 Å². The molecular formula is C8H13N3O2. The number of nitrogens with one attached hydrogen (secondary N) is 1. The normalized spacial score (nSPS) is 12.8. The van der Waals surface area contributed by atoms with E-state index in [1.807, 2.05) is 6.92 Å². The van der Waals surface area contributed by atoms with Crippen molar-refractivity contribution in [2.24, 2.45) is 5.73 Å². The van der Waals surface area contributed by atoms with Gasteiger partial charge in [-0.05, 0) is 6.92 Å². The number of hydrogen-bond acceptors (Lipinski definition) is 3. The van der Waals surface area contributed by atoms with Crippen LogP contribution in [0, 0.1) is 6.92 Å². The average Bonchev–Trinajstić information content (AvgIpc) is 2.47. The number of rotatable bonds is 4. The summed E-state index contributed by atoms with van der Waals surface area (Å²) >= 11 is 0. The fourth-order valence-corrected chi connectivity index (χ4v) is 1.14. The van der Waals surface area contributed by atoms with E-state index in [0.29, 0.717) is 12.4 Å². The van der Waals surface area contributed by atoms with Crippen molar-refractivity contribution in [3.05, 3.63) is 17.7 Å². The van der Waals surface area contributed by atoms with Crippen LogP contribution in [-0.2, 0) is 4.79 Å². The highest BCUT2D eigenvalue weighted by Crippen LogP contribution is 2.14. The number of aromatic nitrogens is 2. The lowest BCUT2D eigenvalue weighted by Gasteiger charge is -2.07. The first-order valence-corrected chi connectivity index (χ1v) is 4.07. The molecule has 1 aromatic heterocycles. The molecule has 72 valence electrons. The first kappa shape index (κ1) is 9.73. The maximum absolute atomic E-state index is 10.5. The molecule has 0 aliphatic heterocycles. The van der Waals surface area contributed by atoms with Gasteiger partial charge >= 0.3 is 5.97 Å². The molecule has 1 atom stereocenters. The number of carboxylic acid groups (broad SMARTS) is 1. The Kier molecular flexibility index (Phi) is 3.02. The zero-order chi connectivity index (χ0) is 9.84. The van der Waals surface area contributed by atoms with Crippen LogP contribution in [0.4, 0.5) is 0 Å². The van der Waals surface area contributed by atoms with E-state index < -0.39 is 5.97 Å². The van der Waals surface area contributed by atoms with E-state index >= 15 is 0 Å². The molecule has 0 fully saturated rings. The average molecular weight is 183 g/mol. The predicted molar refractivity (Wildman–Crippen MR) is 47.4 cm³/mol. The van der Waals surface area contributed by atoms with Crippen molar-refractivity contribution in [3.63, 3.8) is 0 Å². The van der Waals surface area contributed by atoms with Gasteiger partial charge in [-0.25, -0.2) is 4.98 Å². The highest BCUT2D eigenvalue weighted by molar-refractivity contribution is 5.67. The molecule has 1 unspecified atom stereocenters. The van der Waals surface area contributed by atoms with Crippen LogP contribution in [0.1, 0.15) is 23.9 Å². The van der Waals surface area contributed by atoms with E-state index in [4.69, 9.17) is 10.8 Å². The van der Waals surface area contributed by atoms with Crippen LogP contribution >= 0.6 is 0 Å². The Morgan fingerprint density at radius 3 is 2.92 bits per heavy atom. The molecule has 0 aliphatic carbocycles. The van der Waals surface area contributed by atoms with E-state index in [0.717, 1.165) is 5.69 Å². The quantitative estimate of drug-likeness (QED) is 0.623. The number of nitrogens with two attached hydrogens (primary N) is 1. The number of aromatic amines is 1. The van der Waals surface area contributed by atoms with Gasteiger partial charge in [0.2, 0.25) is 0 Å². The van der Waals surface area contributed by atoms with E-state index in [1.165, 1.54) is 0 Å².